The van der Waals surface area contributed by atoms with E-state index in [0.717, 1.165) is 0 Å². The minimum Gasteiger partial charge on any atom is -0.299 e. The topological polar surface area (TPSA) is 20.3 Å². The van der Waals surface area contributed by atoms with Gasteiger partial charge < -0.3 is 0 Å². The van der Waals surface area contributed by atoms with Crippen molar-refractivity contribution in [3.8, 4) is 0 Å². The molecule has 0 amide bonds. The van der Waals surface area contributed by atoms with Gasteiger partial charge in [0.05, 0.1) is 6.54 Å². The maximum Gasteiger partial charge on any atom is 0.143 e. The minimum atomic E-state index is 0.204. The molecule has 0 aliphatic heterocycles. The Balaban J connectivity index is 2.65. The number of carbonyl (C=O) groups is 1. The summed E-state index contributed by atoms with van der Waals surface area (Å²) in [5.41, 5.74) is 1.25. The van der Waals surface area contributed by atoms with Gasteiger partial charge in [-0.15, -0.1) is 0 Å². The number of ketones is 1. The van der Waals surface area contributed by atoms with Gasteiger partial charge in [0.25, 0.3) is 0 Å². The SMILES string of the molecule is CC(=O)CN(C)[C@H](C)c1ccccc1. The molecule has 1 aromatic carbocycles. The third-order valence-electron chi connectivity index (χ3n) is 2.42. The summed E-state index contributed by atoms with van der Waals surface area (Å²) < 4.78 is 0. The van der Waals surface area contributed by atoms with Crippen molar-refractivity contribution in [1.82, 2.24) is 4.90 Å². The van der Waals surface area contributed by atoms with E-state index in [0.29, 0.717) is 12.6 Å². The Labute approximate surface area is 85.5 Å². The van der Waals surface area contributed by atoms with Crippen molar-refractivity contribution in [2.45, 2.75) is 19.9 Å². The van der Waals surface area contributed by atoms with Crippen molar-refractivity contribution in [3.05, 3.63) is 35.9 Å². The van der Waals surface area contributed by atoms with E-state index >= 15 is 0 Å². The monoisotopic (exact) mass is 191 g/mol. The van der Waals surface area contributed by atoms with Crippen molar-refractivity contribution >= 4 is 5.78 Å². The highest BCUT2D eigenvalue weighted by atomic mass is 16.1. The maximum absolute atomic E-state index is 10.9. The van der Waals surface area contributed by atoms with Crippen molar-refractivity contribution < 1.29 is 4.79 Å². The van der Waals surface area contributed by atoms with E-state index in [4.69, 9.17) is 0 Å². The highest BCUT2D eigenvalue weighted by Crippen LogP contribution is 2.17. The van der Waals surface area contributed by atoms with E-state index in [2.05, 4.69) is 24.0 Å². The van der Waals surface area contributed by atoms with Gasteiger partial charge in [0.2, 0.25) is 0 Å². The molecule has 0 aliphatic rings. The standard InChI is InChI=1S/C12H17NO/c1-10(14)9-13(3)11(2)12-7-5-4-6-8-12/h4-8,11H,9H2,1-3H3/t11-/m1/s1. The summed E-state index contributed by atoms with van der Waals surface area (Å²) in [6.45, 7) is 4.24. The Morgan fingerprint density at radius 3 is 2.43 bits per heavy atom. The summed E-state index contributed by atoms with van der Waals surface area (Å²) in [6, 6.07) is 10.5. The van der Waals surface area contributed by atoms with Crippen molar-refractivity contribution in [1.29, 1.82) is 0 Å². The fourth-order valence-corrected chi connectivity index (χ4v) is 1.47. The zero-order valence-electron chi connectivity index (χ0n) is 9.03. The van der Waals surface area contributed by atoms with Crippen LogP contribution in [0.4, 0.5) is 0 Å². The molecule has 0 aliphatic carbocycles. The summed E-state index contributed by atoms with van der Waals surface area (Å²) >= 11 is 0. The van der Waals surface area contributed by atoms with Gasteiger partial charge in [-0.05, 0) is 26.5 Å². The lowest BCUT2D eigenvalue weighted by molar-refractivity contribution is -0.118. The molecule has 0 unspecified atom stereocenters. The molecule has 1 atom stereocenters. The number of nitrogens with zero attached hydrogens (tertiary/aromatic N) is 1. The average Bonchev–Trinajstić information content (AvgIpc) is 2.17. The molecular formula is C12H17NO. The molecule has 0 aromatic heterocycles. The van der Waals surface area contributed by atoms with Crippen LogP contribution in [0.1, 0.15) is 25.5 Å². The average molecular weight is 191 g/mol. The smallest absolute Gasteiger partial charge is 0.143 e. The van der Waals surface area contributed by atoms with Crippen LogP contribution >= 0.6 is 0 Å². The number of carbonyl (C=O) groups excluding carboxylic acids is 1. The van der Waals surface area contributed by atoms with Gasteiger partial charge in [0, 0.05) is 6.04 Å². The Morgan fingerprint density at radius 1 is 1.36 bits per heavy atom. The van der Waals surface area contributed by atoms with Gasteiger partial charge in [0.1, 0.15) is 5.78 Å². The highest BCUT2D eigenvalue weighted by molar-refractivity contribution is 5.77. The van der Waals surface area contributed by atoms with Gasteiger partial charge in [0.15, 0.2) is 0 Å². The molecule has 0 heterocycles. The molecule has 1 aromatic rings. The van der Waals surface area contributed by atoms with Crippen LogP contribution in [0.3, 0.4) is 0 Å². The molecule has 0 saturated carbocycles. The van der Waals surface area contributed by atoms with Gasteiger partial charge in [-0.2, -0.15) is 0 Å². The van der Waals surface area contributed by atoms with Crippen LogP contribution in [0.15, 0.2) is 30.3 Å². The highest BCUT2D eigenvalue weighted by Gasteiger charge is 2.11. The maximum atomic E-state index is 10.9. The van der Waals surface area contributed by atoms with Crippen LogP contribution < -0.4 is 0 Å². The molecule has 76 valence electrons. The van der Waals surface area contributed by atoms with Gasteiger partial charge in [-0.1, -0.05) is 30.3 Å². The summed E-state index contributed by atoms with van der Waals surface area (Å²) in [5.74, 6) is 0.204. The minimum absolute atomic E-state index is 0.204. The summed E-state index contributed by atoms with van der Waals surface area (Å²) in [5, 5.41) is 0. The van der Waals surface area contributed by atoms with E-state index < -0.39 is 0 Å². The van der Waals surface area contributed by atoms with Gasteiger partial charge >= 0.3 is 0 Å². The lowest BCUT2D eigenvalue weighted by Gasteiger charge is -2.23. The number of benzene rings is 1. The number of hydrogen-bond donors (Lipinski definition) is 0. The van der Waals surface area contributed by atoms with Crippen LogP contribution in [-0.4, -0.2) is 24.3 Å². The normalized spacial score (nSPS) is 12.9. The van der Waals surface area contributed by atoms with Crippen molar-refractivity contribution in [2.75, 3.05) is 13.6 Å². The Morgan fingerprint density at radius 2 is 1.93 bits per heavy atom. The van der Waals surface area contributed by atoms with Crippen LogP contribution in [0.25, 0.3) is 0 Å². The molecule has 0 fully saturated rings. The van der Waals surface area contributed by atoms with E-state index in [9.17, 15) is 4.79 Å². The molecule has 0 spiro atoms. The molecule has 0 saturated heterocycles. The Kier molecular flexibility index (Phi) is 3.84. The van der Waals surface area contributed by atoms with Crippen LogP contribution in [0, 0.1) is 0 Å². The first-order valence-corrected chi connectivity index (χ1v) is 4.86. The summed E-state index contributed by atoms with van der Waals surface area (Å²) in [4.78, 5) is 13.0. The number of likely N-dealkylation sites (N-methyl/N-ethyl adjacent to an activating group) is 1. The molecule has 0 radical (unpaired) electrons. The van der Waals surface area contributed by atoms with Crippen LogP contribution in [-0.2, 0) is 4.79 Å². The van der Waals surface area contributed by atoms with Crippen molar-refractivity contribution in [3.63, 3.8) is 0 Å². The lowest BCUT2D eigenvalue weighted by atomic mass is 10.1. The summed E-state index contributed by atoms with van der Waals surface area (Å²) in [7, 11) is 1.97. The van der Waals surface area contributed by atoms with Gasteiger partial charge in [-0.25, -0.2) is 0 Å². The molecule has 14 heavy (non-hydrogen) atoms. The van der Waals surface area contributed by atoms with Crippen LogP contribution in [0.2, 0.25) is 0 Å². The van der Waals surface area contributed by atoms with E-state index in [-0.39, 0.29) is 5.78 Å². The second-order valence-electron chi connectivity index (χ2n) is 3.70. The first-order valence-electron chi connectivity index (χ1n) is 4.86. The Bertz CT molecular complexity index is 294. The molecule has 0 bridgehead atoms. The quantitative estimate of drug-likeness (QED) is 0.727. The first-order chi connectivity index (χ1) is 6.61. The summed E-state index contributed by atoms with van der Waals surface area (Å²) in [6.07, 6.45) is 0. The second kappa shape index (κ2) is 4.91. The zero-order chi connectivity index (χ0) is 10.6. The number of Topliss-reactive ketones (excluding diaryl/α,β-unsaturated/α-hetero) is 1. The molecule has 0 N–H and O–H groups in total. The fraction of sp³-hybridized carbons (Fsp3) is 0.417. The molecular weight excluding hydrogens is 174 g/mol. The largest absolute Gasteiger partial charge is 0.299 e. The third-order valence-corrected chi connectivity index (χ3v) is 2.42. The van der Waals surface area contributed by atoms with E-state index in [1.165, 1.54) is 5.56 Å². The van der Waals surface area contributed by atoms with E-state index in [1.807, 2.05) is 25.2 Å². The predicted molar refractivity (Wildman–Crippen MR) is 58.2 cm³/mol. The molecule has 2 heteroatoms. The van der Waals surface area contributed by atoms with Gasteiger partial charge in [-0.3, -0.25) is 9.69 Å². The molecule has 2 nitrogen and oxygen atoms in total. The van der Waals surface area contributed by atoms with Crippen molar-refractivity contribution in [2.24, 2.45) is 0 Å². The first kappa shape index (κ1) is 10.9. The lowest BCUT2D eigenvalue weighted by Crippen LogP contribution is -2.27. The molecule has 1 rings (SSSR count). The second-order valence-corrected chi connectivity index (χ2v) is 3.70. The number of rotatable bonds is 4. The predicted octanol–water partition coefficient (Wildman–Crippen LogP) is 2.27. The number of hydrogen-bond acceptors (Lipinski definition) is 2. The third kappa shape index (κ3) is 2.96. The zero-order valence-corrected chi connectivity index (χ0v) is 9.03. The van der Waals surface area contributed by atoms with E-state index in [1.54, 1.807) is 6.92 Å². The Hall–Kier alpha value is -1.15. The fourth-order valence-electron chi connectivity index (χ4n) is 1.47. The van der Waals surface area contributed by atoms with Crippen LogP contribution in [0.5, 0.6) is 0 Å².